The molecule has 0 fully saturated rings. The van der Waals surface area contributed by atoms with Crippen LogP contribution in [0, 0.1) is 0 Å². The zero-order valence-electron chi connectivity index (χ0n) is 7.53. The zero-order chi connectivity index (χ0) is 9.97. The van der Waals surface area contributed by atoms with Crippen molar-refractivity contribution in [1.29, 1.82) is 0 Å². The number of hydrogen-bond acceptors (Lipinski definition) is 2. The predicted molar refractivity (Wildman–Crippen MR) is 62.7 cm³/mol. The third-order valence-corrected chi connectivity index (χ3v) is 3.29. The molecule has 0 aliphatic heterocycles. The van der Waals surface area contributed by atoms with Gasteiger partial charge >= 0.3 is 0 Å². The van der Waals surface area contributed by atoms with E-state index in [9.17, 15) is 0 Å². The fourth-order valence-corrected chi connectivity index (χ4v) is 2.28. The molecule has 2 rings (SSSR count). The summed E-state index contributed by atoms with van der Waals surface area (Å²) in [6, 6.07) is 10.2. The Balaban J connectivity index is 2.39. The Morgan fingerprint density at radius 2 is 1.86 bits per heavy atom. The first-order valence-corrected chi connectivity index (χ1v) is 5.59. The van der Waals surface area contributed by atoms with Crippen LogP contribution in [0.1, 0.15) is 5.56 Å². The Bertz CT molecular complexity index is 419. The van der Waals surface area contributed by atoms with Crippen molar-refractivity contribution in [3.8, 4) is 11.1 Å². The van der Waals surface area contributed by atoms with Crippen molar-refractivity contribution in [2.75, 3.05) is 0 Å². The Hall–Kier alpha value is -0.830. The highest BCUT2D eigenvalue weighted by atomic mass is 35.5. The minimum atomic E-state index is 0.581. The topological polar surface area (TPSA) is 26.0 Å². The van der Waals surface area contributed by atoms with Crippen LogP contribution >= 0.6 is 22.9 Å². The molecule has 1 aromatic heterocycles. The summed E-state index contributed by atoms with van der Waals surface area (Å²) in [5.74, 6) is 0. The second-order valence-corrected chi connectivity index (χ2v) is 4.53. The minimum absolute atomic E-state index is 0.581. The second-order valence-electron chi connectivity index (χ2n) is 3.01. The molecular formula is C11H10ClNS. The summed E-state index contributed by atoms with van der Waals surface area (Å²) in [5, 5.41) is 1.99. The highest BCUT2D eigenvalue weighted by molar-refractivity contribution is 7.15. The van der Waals surface area contributed by atoms with Gasteiger partial charge in [0, 0.05) is 12.1 Å². The van der Waals surface area contributed by atoms with Crippen LogP contribution in [0.15, 0.2) is 35.7 Å². The average Bonchev–Trinajstić information content (AvgIpc) is 2.65. The highest BCUT2D eigenvalue weighted by Gasteiger charge is 2.03. The Labute approximate surface area is 92.1 Å². The molecule has 0 saturated carbocycles. The maximum atomic E-state index is 6.04. The van der Waals surface area contributed by atoms with E-state index in [-0.39, 0.29) is 0 Å². The van der Waals surface area contributed by atoms with Gasteiger partial charge in [0.1, 0.15) is 4.34 Å². The van der Waals surface area contributed by atoms with Gasteiger partial charge in [0.15, 0.2) is 0 Å². The lowest BCUT2D eigenvalue weighted by atomic mass is 10.1. The van der Waals surface area contributed by atoms with Crippen molar-refractivity contribution in [3.05, 3.63) is 45.6 Å². The molecule has 2 N–H and O–H groups in total. The van der Waals surface area contributed by atoms with Crippen molar-refractivity contribution < 1.29 is 0 Å². The molecular weight excluding hydrogens is 214 g/mol. The molecule has 1 heterocycles. The second kappa shape index (κ2) is 4.13. The smallest absolute Gasteiger partial charge is 0.101 e. The largest absolute Gasteiger partial charge is 0.326 e. The molecule has 3 heteroatoms. The van der Waals surface area contributed by atoms with E-state index < -0.39 is 0 Å². The van der Waals surface area contributed by atoms with Crippen LogP contribution in [0.4, 0.5) is 0 Å². The Kier molecular flexibility index (Phi) is 2.87. The SMILES string of the molecule is NCc1ccc(-c2ccsc2Cl)cc1. The molecule has 14 heavy (non-hydrogen) atoms. The summed E-state index contributed by atoms with van der Waals surface area (Å²) < 4.78 is 0.838. The van der Waals surface area contributed by atoms with Gasteiger partial charge in [-0.15, -0.1) is 11.3 Å². The van der Waals surface area contributed by atoms with Gasteiger partial charge in [-0.3, -0.25) is 0 Å². The minimum Gasteiger partial charge on any atom is -0.326 e. The van der Waals surface area contributed by atoms with Crippen molar-refractivity contribution in [2.45, 2.75) is 6.54 Å². The molecule has 1 aromatic carbocycles. The van der Waals surface area contributed by atoms with Gasteiger partial charge in [-0.05, 0) is 22.6 Å². The Morgan fingerprint density at radius 3 is 2.36 bits per heavy atom. The third kappa shape index (κ3) is 1.82. The van der Waals surface area contributed by atoms with Gasteiger partial charge in [-0.2, -0.15) is 0 Å². The number of thiophene rings is 1. The summed E-state index contributed by atoms with van der Waals surface area (Å²) in [6.07, 6.45) is 0. The van der Waals surface area contributed by atoms with E-state index in [1.807, 2.05) is 23.6 Å². The normalized spacial score (nSPS) is 10.4. The molecule has 0 atom stereocenters. The Morgan fingerprint density at radius 1 is 1.14 bits per heavy atom. The summed E-state index contributed by atoms with van der Waals surface area (Å²) in [6.45, 7) is 0.581. The van der Waals surface area contributed by atoms with Crippen molar-refractivity contribution in [2.24, 2.45) is 5.73 Å². The van der Waals surface area contributed by atoms with Crippen LogP contribution in [0.5, 0.6) is 0 Å². The average molecular weight is 224 g/mol. The summed E-state index contributed by atoms with van der Waals surface area (Å²) in [7, 11) is 0. The number of rotatable bonds is 2. The van der Waals surface area contributed by atoms with E-state index >= 15 is 0 Å². The standard InChI is InChI=1S/C11H10ClNS/c12-11-10(5-6-14-11)9-3-1-8(7-13)2-4-9/h1-6H,7,13H2. The zero-order valence-corrected chi connectivity index (χ0v) is 9.11. The number of hydrogen-bond donors (Lipinski definition) is 1. The third-order valence-electron chi connectivity index (χ3n) is 2.12. The summed E-state index contributed by atoms with van der Waals surface area (Å²) in [4.78, 5) is 0. The quantitative estimate of drug-likeness (QED) is 0.828. The maximum absolute atomic E-state index is 6.04. The fraction of sp³-hybridized carbons (Fsp3) is 0.0909. The molecule has 0 spiro atoms. The molecule has 72 valence electrons. The van der Waals surface area contributed by atoms with Crippen LogP contribution in [0.25, 0.3) is 11.1 Å². The number of benzene rings is 1. The first-order chi connectivity index (χ1) is 6.81. The summed E-state index contributed by atoms with van der Waals surface area (Å²) in [5.41, 5.74) is 8.91. The van der Waals surface area contributed by atoms with E-state index in [0.717, 1.165) is 21.0 Å². The molecule has 0 aliphatic rings. The van der Waals surface area contributed by atoms with Gasteiger partial charge < -0.3 is 5.73 Å². The van der Waals surface area contributed by atoms with Crippen molar-refractivity contribution in [1.82, 2.24) is 0 Å². The molecule has 0 saturated heterocycles. The van der Waals surface area contributed by atoms with Crippen LogP contribution < -0.4 is 5.73 Å². The van der Waals surface area contributed by atoms with E-state index in [4.69, 9.17) is 17.3 Å². The van der Waals surface area contributed by atoms with Gasteiger partial charge in [0.2, 0.25) is 0 Å². The molecule has 0 bridgehead atoms. The van der Waals surface area contributed by atoms with Gasteiger partial charge in [0.05, 0.1) is 0 Å². The van der Waals surface area contributed by atoms with Gasteiger partial charge in [-0.1, -0.05) is 35.9 Å². The van der Waals surface area contributed by atoms with E-state index in [1.165, 1.54) is 0 Å². The lowest BCUT2D eigenvalue weighted by Crippen LogP contribution is -1.94. The van der Waals surface area contributed by atoms with E-state index in [0.29, 0.717) is 6.54 Å². The van der Waals surface area contributed by atoms with Crippen LogP contribution in [0.2, 0.25) is 4.34 Å². The first kappa shape index (κ1) is 9.71. The van der Waals surface area contributed by atoms with Crippen molar-refractivity contribution >= 4 is 22.9 Å². The van der Waals surface area contributed by atoms with Gasteiger partial charge in [0.25, 0.3) is 0 Å². The van der Waals surface area contributed by atoms with E-state index in [2.05, 4.69) is 12.1 Å². The lowest BCUT2D eigenvalue weighted by molar-refractivity contribution is 1.07. The van der Waals surface area contributed by atoms with Gasteiger partial charge in [-0.25, -0.2) is 0 Å². The molecule has 0 aliphatic carbocycles. The van der Waals surface area contributed by atoms with Crippen LogP contribution in [-0.4, -0.2) is 0 Å². The van der Waals surface area contributed by atoms with Crippen LogP contribution in [-0.2, 0) is 6.54 Å². The molecule has 1 nitrogen and oxygen atoms in total. The molecule has 0 radical (unpaired) electrons. The van der Waals surface area contributed by atoms with E-state index in [1.54, 1.807) is 11.3 Å². The first-order valence-electron chi connectivity index (χ1n) is 4.33. The maximum Gasteiger partial charge on any atom is 0.101 e. The fourth-order valence-electron chi connectivity index (χ4n) is 1.32. The number of nitrogens with two attached hydrogens (primary N) is 1. The van der Waals surface area contributed by atoms with Crippen LogP contribution in [0.3, 0.4) is 0 Å². The predicted octanol–water partition coefficient (Wildman–Crippen LogP) is 3.53. The molecule has 0 amide bonds. The molecule has 2 aromatic rings. The van der Waals surface area contributed by atoms with Crippen molar-refractivity contribution in [3.63, 3.8) is 0 Å². The number of halogens is 1. The lowest BCUT2D eigenvalue weighted by Gasteiger charge is -2.00. The monoisotopic (exact) mass is 223 g/mol. The highest BCUT2D eigenvalue weighted by Crippen LogP contribution is 2.32. The summed E-state index contributed by atoms with van der Waals surface area (Å²) >= 11 is 7.59. The molecule has 0 unspecified atom stereocenters.